The van der Waals surface area contributed by atoms with E-state index >= 15 is 0 Å². The van der Waals surface area contributed by atoms with E-state index in [-0.39, 0.29) is 22.1 Å². The Morgan fingerprint density at radius 2 is 2.00 bits per heavy atom. The van der Waals surface area contributed by atoms with Gasteiger partial charge < -0.3 is 5.32 Å². The van der Waals surface area contributed by atoms with Crippen molar-refractivity contribution in [2.45, 2.75) is 6.18 Å². The first kappa shape index (κ1) is 14.1. The van der Waals surface area contributed by atoms with Gasteiger partial charge in [-0.3, -0.25) is 0 Å². The third kappa shape index (κ3) is 2.97. The molecule has 0 unspecified atom stereocenters. The molecule has 1 aromatic heterocycles. The summed E-state index contributed by atoms with van der Waals surface area (Å²) in [4.78, 5) is 0. The molecule has 4 nitrogen and oxygen atoms in total. The van der Waals surface area contributed by atoms with E-state index in [1.165, 1.54) is 12.3 Å². The molecule has 0 atom stereocenters. The Morgan fingerprint density at radius 3 is 2.65 bits per heavy atom. The summed E-state index contributed by atoms with van der Waals surface area (Å²) in [6.07, 6.45) is -3.18. The van der Waals surface area contributed by atoms with Gasteiger partial charge in [-0.15, -0.1) is 5.10 Å². The summed E-state index contributed by atoms with van der Waals surface area (Å²) >= 11 is 5.83. The Kier molecular flexibility index (Phi) is 3.77. The van der Waals surface area contributed by atoms with Crippen LogP contribution in [0.1, 0.15) is 11.1 Å². The molecule has 0 bridgehead atoms. The number of benzene rings is 1. The molecule has 0 spiro atoms. The second-order valence-corrected chi connectivity index (χ2v) is 4.13. The van der Waals surface area contributed by atoms with Crippen LogP contribution in [0.15, 0.2) is 30.5 Å². The van der Waals surface area contributed by atoms with Crippen molar-refractivity contribution in [3.05, 3.63) is 46.6 Å². The van der Waals surface area contributed by atoms with Crippen LogP contribution in [-0.2, 0) is 6.18 Å². The largest absolute Gasteiger partial charge is 0.416 e. The molecule has 0 saturated heterocycles. The summed E-state index contributed by atoms with van der Waals surface area (Å²) < 4.78 is 37.9. The summed E-state index contributed by atoms with van der Waals surface area (Å²) in [6, 6.07) is 6.07. The van der Waals surface area contributed by atoms with Gasteiger partial charge in [0.15, 0.2) is 5.82 Å². The third-order valence-corrected chi connectivity index (χ3v) is 2.72. The van der Waals surface area contributed by atoms with Gasteiger partial charge in [0.1, 0.15) is 6.07 Å². The molecular weight excluding hydrogens is 293 g/mol. The van der Waals surface area contributed by atoms with Gasteiger partial charge in [-0.2, -0.15) is 23.5 Å². The number of alkyl halides is 3. The molecule has 0 aliphatic heterocycles. The number of nitriles is 1. The van der Waals surface area contributed by atoms with Gasteiger partial charge in [-0.05, 0) is 24.3 Å². The summed E-state index contributed by atoms with van der Waals surface area (Å²) in [5, 5.41) is 18.7. The summed E-state index contributed by atoms with van der Waals surface area (Å²) in [5.41, 5.74) is -0.709. The standard InChI is InChI=1S/C12H6ClF3N4/c13-9-2-1-8(12(14,15)16)5-10(9)19-11-7(6-17)3-4-18-20-11/h1-5H,(H,19,20). The molecule has 2 aromatic rings. The molecule has 0 fully saturated rings. The van der Waals surface area contributed by atoms with E-state index < -0.39 is 11.7 Å². The predicted octanol–water partition coefficient (Wildman–Crippen LogP) is 3.76. The first-order chi connectivity index (χ1) is 9.41. The molecule has 1 N–H and O–H groups in total. The average molecular weight is 299 g/mol. The van der Waals surface area contributed by atoms with Gasteiger partial charge in [-0.1, -0.05) is 11.6 Å². The average Bonchev–Trinajstić information content (AvgIpc) is 2.40. The Morgan fingerprint density at radius 1 is 1.25 bits per heavy atom. The lowest BCUT2D eigenvalue weighted by molar-refractivity contribution is -0.137. The molecule has 20 heavy (non-hydrogen) atoms. The second kappa shape index (κ2) is 5.35. The van der Waals surface area contributed by atoms with Crippen LogP contribution in [-0.4, -0.2) is 10.2 Å². The van der Waals surface area contributed by atoms with E-state index in [1.807, 2.05) is 6.07 Å². The van der Waals surface area contributed by atoms with Crippen LogP contribution in [0.5, 0.6) is 0 Å². The smallest absolute Gasteiger partial charge is 0.336 e. The van der Waals surface area contributed by atoms with Crippen LogP contribution >= 0.6 is 11.6 Å². The van der Waals surface area contributed by atoms with Gasteiger partial charge in [0, 0.05) is 0 Å². The monoisotopic (exact) mass is 298 g/mol. The quantitative estimate of drug-likeness (QED) is 0.917. The summed E-state index contributed by atoms with van der Waals surface area (Å²) in [6.45, 7) is 0. The molecule has 0 aliphatic rings. The van der Waals surface area contributed by atoms with Gasteiger partial charge in [0.25, 0.3) is 0 Å². The number of nitrogens with one attached hydrogen (secondary N) is 1. The molecule has 102 valence electrons. The predicted molar refractivity (Wildman–Crippen MR) is 66.5 cm³/mol. The fraction of sp³-hybridized carbons (Fsp3) is 0.0833. The van der Waals surface area contributed by atoms with E-state index in [9.17, 15) is 13.2 Å². The fourth-order valence-corrected chi connectivity index (χ4v) is 1.60. The molecule has 0 radical (unpaired) electrons. The fourth-order valence-electron chi connectivity index (χ4n) is 1.44. The van der Waals surface area contributed by atoms with Crippen LogP contribution in [0.2, 0.25) is 5.02 Å². The van der Waals surface area contributed by atoms with Crippen molar-refractivity contribution >= 4 is 23.1 Å². The maximum atomic E-state index is 12.6. The van der Waals surface area contributed by atoms with Crippen LogP contribution < -0.4 is 5.32 Å². The lowest BCUT2D eigenvalue weighted by atomic mass is 10.2. The second-order valence-electron chi connectivity index (χ2n) is 3.72. The van der Waals surface area contributed by atoms with Crippen molar-refractivity contribution in [3.63, 3.8) is 0 Å². The number of anilines is 2. The Bertz CT molecular complexity index is 679. The van der Waals surface area contributed by atoms with E-state index in [0.717, 1.165) is 18.2 Å². The lowest BCUT2D eigenvalue weighted by Gasteiger charge is -2.12. The minimum Gasteiger partial charge on any atom is -0.336 e. The van der Waals surface area contributed by atoms with Crippen LogP contribution in [0.4, 0.5) is 24.7 Å². The SMILES string of the molecule is N#Cc1ccnnc1Nc1cc(C(F)(F)F)ccc1Cl. The number of aromatic nitrogens is 2. The number of nitrogens with zero attached hydrogens (tertiary/aromatic N) is 3. The van der Waals surface area contributed by atoms with Crippen LogP contribution in [0.3, 0.4) is 0 Å². The van der Waals surface area contributed by atoms with Gasteiger partial charge in [-0.25, -0.2) is 0 Å². The Labute approximate surface area is 116 Å². The first-order valence-electron chi connectivity index (χ1n) is 5.27. The molecular formula is C12H6ClF3N4. The zero-order valence-electron chi connectivity index (χ0n) is 9.74. The van der Waals surface area contributed by atoms with Crippen molar-refractivity contribution in [3.8, 4) is 6.07 Å². The number of hydrogen-bond acceptors (Lipinski definition) is 4. The highest BCUT2D eigenvalue weighted by Crippen LogP contribution is 2.34. The van der Waals surface area contributed by atoms with Crippen molar-refractivity contribution in [2.24, 2.45) is 0 Å². The molecule has 1 aromatic carbocycles. The maximum absolute atomic E-state index is 12.6. The third-order valence-electron chi connectivity index (χ3n) is 2.39. The highest BCUT2D eigenvalue weighted by atomic mass is 35.5. The number of halogens is 4. The molecule has 8 heteroatoms. The topological polar surface area (TPSA) is 61.6 Å². The number of hydrogen-bond donors (Lipinski definition) is 1. The molecule has 2 rings (SSSR count). The van der Waals surface area contributed by atoms with Crippen molar-refractivity contribution < 1.29 is 13.2 Å². The van der Waals surface area contributed by atoms with Gasteiger partial charge >= 0.3 is 6.18 Å². The molecule has 1 heterocycles. The van der Waals surface area contributed by atoms with E-state index in [1.54, 1.807) is 0 Å². The highest BCUT2D eigenvalue weighted by molar-refractivity contribution is 6.33. The van der Waals surface area contributed by atoms with Gasteiger partial charge in [0.05, 0.1) is 28.0 Å². The zero-order chi connectivity index (χ0) is 14.8. The van der Waals surface area contributed by atoms with E-state index in [4.69, 9.17) is 16.9 Å². The van der Waals surface area contributed by atoms with Crippen LogP contribution in [0.25, 0.3) is 0 Å². The summed E-state index contributed by atoms with van der Waals surface area (Å²) in [5.74, 6) is 0.0382. The molecule has 0 saturated carbocycles. The molecule has 0 amide bonds. The highest BCUT2D eigenvalue weighted by Gasteiger charge is 2.31. The first-order valence-corrected chi connectivity index (χ1v) is 5.65. The molecule has 0 aliphatic carbocycles. The minimum absolute atomic E-state index is 0.00140. The Balaban J connectivity index is 2.41. The van der Waals surface area contributed by atoms with Crippen molar-refractivity contribution in [2.75, 3.05) is 5.32 Å². The minimum atomic E-state index is -4.48. The van der Waals surface area contributed by atoms with Crippen molar-refractivity contribution in [1.82, 2.24) is 10.2 Å². The van der Waals surface area contributed by atoms with E-state index in [2.05, 4.69) is 15.5 Å². The summed E-state index contributed by atoms with van der Waals surface area (Å²) in [7, 11) is 0. The van der Waals surface area contributed by atoms with E-state index in [0.29, 0.717) is 0 Å². The maximum Gasteiger partial charge on any atom is 0.416 e. The van der Waals surface area contributed by atoms with Crippen LogP contribution in [0, 0.1) is 11.3 Å². The van der Waals surface area contributed by atoms with Crippen molar-refractivity contribution in [1.29, 1.82) is 5.26 Å². The van der Waals surface area contributed by atoms with Gasteiger partial charge in [0.2, 0.25) is 0 Å². The Hall–Kier alpha value is -2.33. The zero-order valence-corrected chi connectivity index (χ0v) is 10.5. The normalized spacial score (nSPS) is 10.9. The lowest BCUT2D eigenvalue weighted by Crippen LogP contribution is -2.06. The number of rotatable bonds is 2.